The minimum atomic E-state index is -3.47. The molecular weight excluding hydrogens is 348 g/mol. The number of ketones is 1. The Labute approximate surface area is 157 Å². The number of ether oxygens (including phenoxy) is 1. The van der Waals surface area contributed by atoms with Crippen LogP contribution in [0.25, 0.3) is 0 Å². The minimum Gasteiger partial charge on any atom is -0.372 e. The lowest BCUT2D eigenvalue weighted by atomic mass is 9.63. The standard InChI is InChI=1S/C21H30O4S/c1-20(2,3)25-19-11-10-17-16(18(22)12-13-21(17,19)4)14-26(23,24)15-8-6-5-7-9-15/h5-9,16-17,19H,10-14H2,1-4H3/t16?,17?,19-,21-/m0/s1. The Bertz CT molecular complexity index is 763. The highest BCUT2D eigenvalue weighted by Crippen LogP contribution is 2.55. The molecule has 0 radical (unpaired) electrons. The topological polar surface area (TPSA) is 60.4 Å². The van der Waals surface area contributed by atoms with Crippen LogP contribution < -0.4 is 0 Å². The number of carbonyl (C=O) groups excluding carboxylic acids is 1. The molecule has 2 aliphatic rings. The predicted octanol–water partition coefficient (Wildman–Crippen LogP) is 4.04. The Hall–Kier alpha value is -1.20. The molecule has 0 saturated heterocycles. The number of hydrogen-bond donors (Lipinski definition) is 0. The van der Waals surface area contributed by atoms with Crippen LogP contribution in [-0.4, -0.2) is 31.7 Å². The van der Waals surface area contributed by atoms with E-state index in [1.54, 1.807) is 30.3 Å². The van der Waals surface area contributed by atoms with E-state index >= 15 is 0 Å². The van der Waals surface area contributed by atoms with E-state index in [9.17, 15) is 13.2 Å². The summed E-state index contributed by atoms with van der Waals surface area (Å²) < 4.78 is 32.0. The van der Waals surface area contributed by atoms with Gasteiger partial charge in [0.05, 0.1) is 22.4 Å². The number of sulfone groups is 1. The molecule has 26 heavy (non-hydrogen) atoms. The first kappa shape index (κ1) is 19.6. The second kappa shape index (κ2) is 6.75. The van der Waals surface area contributed by atoms with Crippen LogP contribution in [0.3, 0.4) is 0 Å². The van der Waals surface area contributed by atoms with Crippen molar-refractivity contribution < 1.29 is 17.9 Å². The van der Waals surface area contributed by atoms with Crippen LogP contribution in [0.5, 0.6) is 0 Å². The average Bonchev–Trinajstić information content (AvgIpc) is 2.87. The molecule has 1 aromatic carbocycles. The van der Waals surface area contributed by atoms with E-state index in [0.717, 1.165) is 19.3 Å². The van der Waals surface area contributed by atoms with Gasteiger partial charge in [0.2, 0.25) is 0 Å². The van der Waals surface area contributed by atoms with Crippen LogP contribution >= 0.6 is 0 Å². The summed E-state index contributed by atoms with van der Waals surface area (Å²) in [6.07, 6.45) is 3.08. The van der Waals surface area contributed by atoms with Crippen molar-refractivity contribution in [1.82, 2.24) is 0 Å². The van der Waals surface area contributed by atoms with Crippen molar-refractivity contribution in [1.29, 1.82) is 0 Å². The molecule has 2 unspecified atom stereocenters. The van der Waals surface area contributed by atoms with Crippen molar-refractivity contribution in [2.75, 3.05) is 5.75 Å². The second-order valence-corrected chi connectivity index (χ2v) is 11.1. The fourth-order valence-electron chi connectivity index (χ4n) is 4.83. The zero-order chi connectivity index (χ0) is 19.2. The van der Waals surface area contributed by atoms with Gasteiger partial charge < -0.3 is 4.74 Å². The van der Waals surface area contributed by atoms with Gasteiger partial charge in [-0.05, 0) is 63.5 Å². The van der Waals surface area contributed by atoms with Crippen molar-refractivity contribution in [3.63, 3.8) is 0 Å². The third kappa shape index (κ3) is 3.74. The van der Waals surface area contributed by atoms with E-state index in [4.69, 9.17) is 4.74 Å². The lowest BCUT2D eigenvalue weighted by Gasteiger charge is -2.45. The summed E-state index contributed by atoms with van der Waals surface area (Å²) in [6.45, 7) is 8.34. The smallest absolute Gasteiger partial charge is 0.179 e. The van der Waals surface area contributed by atoms with Gasteiger partial charge >= 0.3 is 0 Å². The third-order valence-corrected chi connectivity index (χ3v) is 7.92. The highest BCUT2D eigenvalue weighted by molar-refractivity contribution is 7.91. The van der Waals surface area contributed by atoms with Crippen LogP contribution in [0.2, 0.25) is 0 Å². The minimum absolute atomic E-state index is 0.0783. The van der Waals surface area contributed by atoms with Gasteiger partial charge in [-0.25, -0.2) is 8.42 Å². The first-order valence-electron chi connectivity index (χ1n) is 9.51. The van der Waals surface area contributed by atoms with Gasteiger partial charge in [-0.1, -0.05) is 25.1 Å². The third-order valence-electron chi connectivity index (χ3n) is 6.13. The molecule has 0 bridgehead atoms. The monoisotopic (exact) mass is 378 g/mol. The molecule has 2 saturated carbocycles. The lowest BCUT2D eigenvalue weighted by Crippen LogP contribution is -2.47. The maximum absolute atomic E-state index is 12.9. The summed E-state index contributed by atoms with van der Waals surface area (Å²) in [4.78, 5) is 13.0. The molecule has 144 valence electrons. The molecule has 0 aromatic heterocycles. The highest BCUT2D eigenvalue weighted by Gasteiger charge is 2.55. The molecular formula is C21H30O4S. The van der Waals surface area contributed by atoms with Gasteiger partial charge in [0, 0.05) is 12.3 Å². The fraction of sp³-hybridized carbons (Fsp3) is 0.667. The summed E-state index contributed by atoms with van der Waals surface area (Å²) in [5, 5.41) is 0. The summed E-state index contributed by atoms with van der Waals surface area (Å²) in [7, 11) is -3.47. The summed E-state index contributed by atoms with van der Waals surface area (Å²) in [5.74, 6) is -0.330. The maximum atomic E-state index is 12.9. The zero-order valence-electron chi connectivity index (χ0n) is 16.2. The van der Waals surface area contributed by atoms with E-state index in [2.05, 4.69) is 27.7 Å². The van der Waals surface area contributed by atoms with Crippen LogP contribution in [0, 0.1) is 17.3 Å². The van der Waals surface area contributed by atoms with Gasteiger partial charge in [0.25, 0.3) is 0 Å². The van der Waals surface area contributed by atoms with Crippen molar-refractivity contribution in [3.8, 4) is 0 Å². The van der Waals surface area contributed by atoms with Gasteiger partial charge in [0.15, 0.2) is 9.84 Å². The van der Waals surface area contributed by atoms with Gasteiger partial charge in [-0.2, -0.15) is 0 Å². The van der Waals surface area contributed by atoms with Gasteiger partial charge in [-0.3, -0.25) is 4.79 Å². The first-order valence-corrected chi connectivity index (χ1v) is 11.2. The number of rotatable bonds is 4. The predicted molar refractivity (Wildman–Crippen MR) is 102 cm³/mol. The highest BCUT2D eigenvalue weighted by atomic mass is 32.2. The first-order chi connectivity index (χ1) is 12.0. The number of Topliss-reactive ketones (excluding diaryl/α,β-unsaturated/α-hetero) is 1. The van der Waals surface area contributed by atoms with Gasteiger partial charge in [0.1, 0.15) is 5.78 Å². The molecule has 1 aromatic rings. The van der Waals surface area contributed by atoms with Gasteiger partial charge in [-0.15, -0.1) is 0 Å². The number of benzene rings is 1. The largest absolute Gasteiger partial charge is 0.372 e. The lowest BCUT2D eigenvalue weighted by molar-refractivity contribution is -0.142. The van der Waals surface area contributed by atoms with Crippen molar-refractivity contribution in [2.45, 2.75) is 70.0 Å². The second-order valence-electron chi connectivity index (χ2n) is 9.08. The molecule has 2 aliphatic carbocycles. The SMILES string of the molecule is CC(C)(C)O[C@H]1CCC2C(CS(=O)(=O)c3ccccc3)C(=O)CC[C@@]21C. The van der Waals surface area contributed by atoms with Crippen molar-refractivity contribution >= 4 is 15.6 Å². The molecule has 4 atom stereocenters. The summed E-state index contributed by atoms with van der Waals surface area (Å²) in [5.41, 5.74) is -0.367. The molecule has 2 fully saturated rings. The molecule has 4 nitrogen and oxygen atoms in total. The Morgan fingerprint density at radius 1 is 1.15 bits per heavy atom. The molecule has 0 amide bonds. The molecule has 5 heteroatoms. The maximum Gasteiger partial charge on any atom is 0.179 e. The Morgan fingerprint density at radius 2 is 1.81 bits per heavy atom. The average molecular weight is 379 g/mol. The van der Waals surface area contributed by atoms with E-state index < -0.39 is 15.8 Å². The Kier molecular flexibility index (Phi) is 5.08. The van der Waals surface area contributed by atoms with Crippen molar-refractivity contribution in [3.05, 3.63) is 30.3 Å². The fourth-order valence-corrected chi connectivity index (χ4v) is 6.48. The molecule has 3 rings (SSSR count). The Morgan fingerprint density at radius 3 is 2.42 bits per heavy atom. The zero-order valence-corrected chi connectivity index (χ0v) is 17.0. The van der Waals surface area contributed by atoms with Crippen LogP contribution in [0.15, 0.2) is 35.2 Å². The number of carbonyl (C=O) groups is 1. The number of fused-ring (bicyclic) bond motifs is 1. The van der Waals surface area contributed by atoms with E-state index in [1.165, 1.54) is 0 Å². The van der Waals surface area contributed by atoms with Crippen LogP contribution in [0.1, 0.15) is 53.4 Å². The quantitative estimate of drug-likeness (QED) is 0.793. The van der Waals surface area contributed by atoms with E-state index in [0.29, 0.717) is 11.3 Å². The summed E-state index contributed by atoms with van der Waals surface area (Å²) in [6, 6.07) is 8.47. The Balaban J connectivity index is 1.85. The molecule has 0 heterocycles. The van der Waals surface area contributed by atoms with Crippen molar-refractivity contribution in [2.24, 2.45) is 17.3 Å². The number of hydrogen-bond acceptors (Lipinski definition) is 4. The van der Waals surface area contributed by atoms with Crippen LogP contribution in [0.4, 0.5) is 0 Å². The summed E-state index contributed by atoms with van der Waals surface area (Å²) >= 11 is 0. The molecule has 0 spiro atoms. The van der Waals surface area contributed by atoms with E-state index in [-0.39, 0.29) is 34.6 Å². The normalized spacial score (nSPS) is 32.5. The molecule has 0 N–H and O–H groups in total. The molecule has 0 aliphatic heterocycles. The van der Waals surface area contributed by atoms with E-state index in [1.807, 2.05) is 0 Å². The van der Waals surface area contributed by atoms with Crippen LogP contribution in [-0.2, 0) is 19.4 Å².